The van der Waals surface area contributed by atoms with Crippen molar-refractivity contribution >= 4 is 0 Å². The summed E-state index contributed by atoms with van der Waals surface area (Å²) in [5.74, 6) is -0.273. The number of benzene rings is 1. The third-order valence-corrected chi connectivity index (χ3v) is 2.57. The van der Waals surface area contributed by atoms with Gasteiger partial charge >= 0.3 is 0 Å². The van der Waals surface area contributed by atoms with E-state index in [9.17, 15) is 14.3 Å². The molecule has 0 atom stereocenters. The van der Waals surface area contributed by atoms with E-state index in [4.69, 9.17) is 0 Å². The van der Waals surface area contributed by atoms with Crippen LogP contribution in [0.15, 0.2) is 29.1 Å². The first-order valence-electron chi connectivity index (χ1n) is 5.70. The zero-order chi connectivity index (χ0) is 13.1. The summed E-state index contributed by atoms with van der Waals surface area (Å²) in [6.07, 6.45) is 1.41. The molecule has 0 unspecified atom stereocenters. The highest BCUT2D eigenvalue weighted by Gasteiger charge is 2.12. The van der Waals surface area contributed by atoms with Crippen LogP contribution in [0.5, 0.6) is 5.88 Å². The third-order valence-electron chi connectivity index (χ3n) is 2.57. The lowest BCUT2D eigenvalue weighted by Crippen LogP contribution is -2.14. The van der Waals surface area contributed by atoms with Gasteiger partial charge in [-0.15, -0.1) is 0 Å². The number of nitrogens with one attached hydrogen (secondary N) is 1. The summed E-state index contributed by atoms with van der Waals surface area (Å²) in [6.45, 7) is 1.95. The molecular formula is C13H13FN2O2. The van der Waals surface area contributed by atoms with Crippen molar-refractivity contribution in [2.75, 3.05) is 0 Å². The minimum atomic E-state index is -0.419. The Morgan fingerprint density at radius 1 is 1.33 bits per heavy atom. The fourth-order valence-corrected chi connectivity index (χ4v) is 1.74. The van der Waals surface area contributed by atoms with Gasteiger partial charge in [0, 0.05) is 6.42 Å². The van der Waals surface area contributed by atoms with Crippen molar-refractivity contribution in [3.8, 4) is 17.0 Å². The van der Waals surface area contributed by atoms with Crippen molar-refractivity contribution in [1.29, 1.82) is 0 Å². The molecule has 0 saturated carbocycles. The normalized spacial score (nSPS) is 10.6. The maximum Gasteiger partial charge on any atom is 0.262 e. The fourth-order valence-electron chi connectivity index (χ4n) is 1.74. The Kier molecular flexibility index (Phi) is 3.41. The molecule has 0 radical (unpaired) electrons. The maximum absolute atomic E-state index is 12.8. The van der Waals surface area contributed by atoms with Gasteiger partial charge in [0.1, 0.15) is 17.2 Å². The smallest absolute Gasteiger partial charge is 0.262 e. The quantitative estimate of drug-likeness (QED) is 0.875. The molecular weight excluding hydrogens is 235 g/mol. The molecule has 2 aromatic rings. The second-order valence-electron chi connectivity index (χ2n) is 3.97. The molecule has 1 heterocycles. The van der Waals surface area contributed by atoms with Gasteiger partial charge in [0.15, 0.2) is 0 Å². The highest BCUT2D eigenvalue weighted by Crippen LogP contribution is 2.23. The van der Waals surface area contributed by atoms with Gasteiger partial charge in [0.05, 0.1) is 0 Å². The number of rotatable bonds is 3. The van der Waals surface area contributed by atoms with Gasteiger partial charge in [-0.3, -0.25) is 4.79 Å². The molecule has 4 nitrogen and oxygen atoms in total. The van der Waals surface area contributed by atoms with E-state index in [0.717, 1.165) is 6.42 Å². The Labute approximate surface area is 103 Å². The average molecular weight is 248 g/mol. The van der Waals surface area contributed by atoms with Crippen LogP contribution in [0.1, 0.15) is 19.2 Å². The summed E-state index contributed by atoms with van der Waals surface area (Å²) < 4.78 is 12.8. The molecule has 1 aromatic carbocycles. The Morgan fingerprint density at radius 3 is 2.56 bits per heavy atom. The van der Waals surface area contributed by atoms with Crippen molar-refractivity contribution < 1.29 is 9.50 Å². The summed E-state index contributed by atoms with van der Waals surface area (Å²) in [5.41, 5.74) is 0.0816. The topological polar surface area (TPSA) is 66.0 Å². The van der Waals surface area contributed by atoms with Gasteiger partial charge in [0.2, 0.25) is 5.88 Å². The van der Waals surface area contributed by atoms with Gasteiger partial charge in [-0.25, -0.2) is 4.39 Å². The Morgan fingerprint density at radius 2 is 2.00 bits per heavy atom. The predicted octanol–water partition coefficient (Wildman–Crippen LogP) is 2.23. The Hall–Kier alpha value is -2.17. The molecule has 0 amide bonds. The van der Waals surface area contributed by atoms with Gasteiger partial charge in [-0.1, -0.05) is 19.1 Å². The van der Waals surface area contributed by atoms with Gasteiger partial charge in [0.25, 0.3) is 5.56 Å². The van der Waals surface area contributed by atoms with Crippen LogP contribution in [0.2, 0.25) is 0 Å². The van der Waals surface area contributed by atoms with Crippen molar-refractivity contribution in [2.45, 2.75) is 19.8 Å². The highest BCUT2D eigenvalue weighted by atomic mass is 19.1. The van der Waals surface area contributed by atoms with E-state index in [0.29, 0.717) is 17.8 Å². The van der Waals surface area contributed by atoms with Crippen LogP contribution >= 0.6 is 0 Å². The van der Waals surface area contributed by atoms with Crippen molar-refractivity contribution in [3.05, 3.63) is 46.3 Å². The summed E-state index contributed by atoms with van der Waals surface area (Å²) in [7, 11) is 0. The average Bonchev–Trinajstić information content (AvgIpc) is 2.31. The molecule has 2 rings (SSSR count). The first kappa shape index (κ1) is 12.3. The van der Waals surface area contributed by atoms with E-state index >= 15 is 0 Å². The van der Waals surface area contributed by atoms with Gasteiger partial charge < -0.3 is 10.1 Å². The number of nitrogens with zero attached hydrogens (tertiary/aromatic N) is 1. The van der Waals surface area contributed by atoms with Crippen LogP contribution < -0.4 is 5.56 Å². The largest absolute Gasteiger partial charge is 0.493 e. The zero-order valence-corrected chi connectivity index (χ0v) is 9.90. The van der Waals surface area contributed by atoms with E-state index in [1.54, 1.807) is 0 Å². The first-order chi connectivity index (χ1) is 8.61. The van der Waals surface area contributed by atoms with Crippen molar-refractivity contribution in [1.82, 2.24) is 9.97 Å². The van der Waals surface area contributed by atoms with E-state index in [1.165, 1.54) is 24.3 Å². The fraction of sp³-hybridized carbons (Fsp3) is 0.231. The molecule has 18 heavy (non-hydrogen) atoms. The van der Waals surface area contributed by atoms with E-state index < -0.39 is 11.4 Å². The van der Waals surface area contributed by atoms with E-state index in [-0.39, 0.29) is 11.4 Å². The second kappa shape index (κ2) is 5.00. The van der Waals surface area contributed by atoms with Crippen LogP contribution in [0.25, 0.3) is 11.1 Å². The number of hydrogen-bond donors (Lipinski definition) is 2. The molecule has 0 spiro atoms. The number of halogens is 1. The SMILES string of the molecule is CCCc1nc(O)c(-c2ccc(F)cc2)c(=O)[nH]1. The number of aromatic amines is 1. The molecule has 2 N–H and O–H groups in total. The molecule has 0 aliphatic heterocycles. The second-order valence-corrected chi connectivity index (χ2v) is 3.97. The summed E-state index contributed by atoms with van der Waals surface area (Å²) >= 11 is 0. The van der Waals surface area contributed by atoms with Crippen LogP contribution in [-0.4, -0.2) is 15.1 Å². The number of aromatic hydroxyl groups is 1. The highest BCUT2D eigenvalue weighted by molar-refractivity contribution is 5.66. The predicted molar refractivity (Wildman–Crippen MR) is 65.9 cm³/mol. The van der Waals surface area contributed by atoms with Crippen molar-refractivity contribution in [3.63, 3.8) is 0 Å². The van der Waals surface area contributed by atoms with Gasteiger partial charge in [-0.2, -0.15) is 4.98 Å². The molecule has 94 valence electrons. The summed E-state index contributed by atoms with van der Waals surface area (Å²) in [5, 5.41) is 9.80. The third kappa shape index (κ3) is 2.40. The molecule has 0 fully saturated rings. The zero-order valence-electron chi connectivity index (χ0n) is 9.90. The van der Waals surface area contributed by atoms with Crippen molar-refractivity contribution in [2.24, 2.45) is 0 Å². The lowest BCUT2D eigenvalue weighted by molar-refractivity contribution is 0.449. The molecule has 0 aliphatic carbocycles. The number of H-pyrrole nitrogens is 1. The summed E-state index contributed by atoms with van der Waals surface area (Å²) in [6, 6.07) is 5.32. The lowest BCUT2D eigenvalue weighted by Gasteiger charge is -2.05. The Balaban J connectivity index is 2.52. The van der Waals surface area contributed by atoms with Gasteiger partial charge in [-0.05, 0) is 24.1 Å². The standard InChI is InChI=1S/C13H13FN2O2/c1-2-3-10-15-12(17)11(13(18)16-10)8-4-6-9(14)7-5-8/h4-7H,2-3H2,1H3,(H2,15,16,17,18). The number of aromatic nitrogens is 2. The number of aryl methyl sites for hydroxylation is 1. The first-order valence-corrected chi connectivity index (χ1v) is 5.70. The minimum Gasteiger partial charge on any atom is -0.493 e. The molecule has 0 saturated heterocycles. The number of hydrogen-bond acceptors (Lipinski definition) is 3. The lowest BCUT2D eigenvalue weighted by atomic mass is 10.1. The van der Waals surface area contributed by atoms with Crippen LogP contribution in [0.3, 0.4) is 0 Å². The minimum absolute atomic E-state index is 0.0647. The van der Waals surface area contributed by atoms with E-state index in [1.807, 2.05) is 6.92 Å². The van der Waals surface area contributed by atoms with Crippen LogP contribution in [0.4, 0.5) is 4.39 Å². The molecule has 5 heteroatoms. The molecule has 1 aromatic heterocycles. The maximum atomic E-state index is 12.8. The molecule has 0 bridgehead atoms. The Bertz CT molecular complexity index is 605. The van der Waals surface area contributed by atoms with E-state index in [2.05, 4.69) is 9.97 Å². The van der Waals surface area contributed by atoms with Crippen LogP contribution in [0, 0.1) is 5.82 Å². The molecule has 0 aliphatic rings. The monoisotopic (exact) mass is 248 g/mol. The van der Waals surface area contributed by atoms with Crippen LogP contribution in [-0.2, 0) is 6.42 Å². The summed E-state index contributed by atoms with van der Waals surface area (Å²) in [4.78, 5) is 18.4.